The lowest BCUT2D eigenvalue weighted by atomic mass is 10.1. The van der Waals surface area contributed by atoms with Crippen molar-refractivity contribution in [3.63, 3.8) is 0 Å². The normalized spacial score (nSPS) is 11.1. The molecule has 29 heavy (non-hydrogen) atoms. The van der Waals surface area contributed by atoms with Gasteiger partial charge in [0.05, 0.1) is 7.11 Å². The molecule has 1 heterocycles. The van der Waals surface area contributed by atoms with Crippen molar-refractivity contribution in [3.8, 4) is 5.75 Å². The van der Waals surface area contributed by atoms with Gasteiger partial charge in [0.1, 0.15) is 11.4 Å². The van der Waals surface area contributed by atoms with Crippen LogP contribution in [0, 0.1) is 0 Å². The zero-order valence-electron chi connectivity index (χ0n) is 17.0. The number of methoxy groups -OCH3 is 1. The Kier molecular flexibility index (Phi) is 7.27. The highest BCUT2D eigenvalue weighted by Crippen LogP contribution is 2.28. The lowest BCUT2D eigenvalue weighted by Gasteiger charge is -2.10. The second-order valence-electron chi connectivity index (χ2n) is 6.81. The van der Waals surface area contributed by atoms with Crippen LogP contribution in [0.3, 0.4) is 0 Å². The van der Waals surface area contributed by atoms with E-state index in [9.17, 15) is 9.90 Å². The molecule has 0 atom stereocenters. The van der Waals surface area contributed by atoms with Crippen molar-refractivity contribution in [1.29, 1.82) is 0 Å². The van der Waals surface area contributed by atoms with Crippen molar-refractivity contribution in [2.24, 2.45) is 0 Å². The van der Waals surface area contributed by atoms with Crippen LogP contribution in [0.15, 0.2) is 48.5 Å². The molecule has 2 N–H and O–H groups in total. The monoisotopic (exact) mass is 396 g/mol. The van der Waals surface area contributed by atoms with E-state index < -0.39 is 5.97 Å². The second kappa shape index (κ2) is 10.1. The van der Waals surface area contributed by atoms with Gasteiger partial charge in [0.25, 0.3) is 0 Å². The van der Waals surface area contributed by atoms with Crippen LogP contribution < -0.4 is 10.1 Å². The molecule has 6 nitrogen and oxygen atoms in total. The first-order valence-corrected chi connectivity index (χ1v) is 9.90. The number of aromatic nitrogens is 1. The number of nitrogens with one attached hydrogen (secondary N) is 1. The summed E-state index contributed by atoms with van der Waals surface area (Å²) in [5, 5.41) is 14.3. The third kappa shape index (κ3) is 4.96. The van der Waals surface area contributed by atoms with E-state index in [0.717, 1.165) is 40.7 Å². The van der Waals surface area contributed by atoms with Gasteiger partial charge < -0.3 is 24.5 Å². The Labute approximate surface area is 171 Å². The molecule has 0 amide bonds. The average molecular weight is 396 g/mol. The molecule has 0 spiro atoms. The highest BCUT2D eigenvalue weighted by molar-refractivity contribution is 5.98. The standard InChI is InChI=1S/C23H28N2O4/c1-3-29-14-6-13-24-15-20-19-7-4-5-8-21(19)25(22(20)23(26)27)16-17-9-11-18(28-2)12-10-17/h4-5,7-12,24H,3,6,13-16H2,1-2H3,(H,26,27). The second-order valence-corrected chi connectivity index (χ2v) is 6.81. The zero-order chi connectivity index (χ0) is 20.6. The van der Waals surface area contributed by atoms with Crippen LogP contribution in [-0.2, 0) is 17.8 Å². The van der Waals surface area contributed by atoms with Gasteiger partial charge in [-0.25, -0.2) is 4.79 Å². The molecular weight excluding hydrogens is 368 g/mol. The van der Waals surface area contributed by atoms with Crippen molar-refractivity contribution in [3.05, 3.63) is 65.4 Å². The number of carbonyl (C=O) groups is 1. The molecule has 3 rings (SSSR count). The molecule has 154 valence electrons. The Balaban J connectivity index is 1.89. The van der Waals surface area contributed by atoms with Crippen molar-refractivity contribution >= 4 is 16.9 Å². The predicted molar refractivity (Wildman–Crippen MR) is 114 cm³/mol. The van der Waals surface area contributed by atoms with Gasteiger partial charge in [0.2, 0.25) is 0 Å². The fourth-order valence-electron chi connectivity index (χ4n) is 3.53. The van der Waals surface area contributed by atoms with Crippen LogP contribution in [0.1, 0.15) is 35.0 Å². The van der Waals surface area contributed by atoms with E-state index in [0.29, 0.717) is 32.0 Å². The maximum absolute atomic E-state index is 12.2. The first-order valence-electron chi connectivity index (χ1n) is 9.90. The third-order valence-corrected chi connectivity index (χ3v) is 4.93. The van der Waals surface area contributed by atoms with E-state index in [1.165, 1.54) is 0 Å². The first-order chi connectivity index (χ1) is 14.2. The molecular formula is C23H28N2O4. The summed E-state index contributed by atoms with van der Waals surface area (Å²) in [5.74, 6) is -0.137. The minimum Gasteiger partial charge on any atom is -0.497 e. The van der Waals surface area contributed by atoms with E-state index in [2.05, 4.69) is 5.32 Å². The molecule has 1 aromatic heterocycles. The molecule has 0 saturated carbocycles. The number of para-hydroxylation sites is 1. The van der Waals surface area contributed by atoms with Crippen LogP contribution in [-0.4, -0.2) is 42.5 Å². The number of carboxylic acid groups (broad SMARTS) is 1. The highest BCUT2D eigenvalue weighted by atomic mass is 16.5. The molecule has 0 fully saturated rings. The molecule has 3 aromatic rings. The number of benzene rings is 2. The molecule has 6 heteroatoms. The largest absolute Gasteiger partial charge is 0.497 e. The molecule has 0 radical (unpaired) electrons. The molecule has 0 unspecified atom stereocenters. The van der Waals surface area contributed by atoms with Gasteiger partial charge in [-0.1, -0.05) is 30.3 Å². The third-order valence-electron chi connectivity index (χ3n) is 4.93. The Morgan fingerprint density at radius 1 is 1.14 bits per heavy atom. The SMILES string of the molecule is CCOCCCNCc1c(C(=O)O)n(Cc2ccc(OC)cc2)c2ccccc12. The average Bonchev–Trinajstić information content (AvgIpc) is 3.05. The Morgan fingerprint density at radius 2 is 1.90 bits per heavy atom. The summed E-state index contributed by atoms with van der Waals surface area (Å²) in [4.78, 5) is 12.2. The van der Waals surface area contributed by atoms with Crippen LogP contribution in [0.2, 0.25) is 0 Å². The maximum atomic E-state index is 12.2. The van der Waals surface area contributed by atoms with Crippen LogP contribution >= 0.6 is 0 Å². The number of ether oxygens (including phenoxy) is 2. The van der Waals surface area contributed by atoms with Crippen LogP contribution in [0.4, 0.5) is 0 Å². The number of nitrogens with zero attached hydrogens (tertiary/aromatic N) is 1. The minimum absolute atomic E-state index is 0.333. The van der Waals surface area contributed by atoms with Crippen LogP contribution in [0.5, 0.6) is 5.75 Å². The number of carboxylic acids is 1. The van der Waals surface area contributed by atoms with E-state index in [4.69, 9.17) is 9.47 Å². The van der Waals surface area contributed by atoms with Crippen LogP contribution in [0.25, 0.3) is 10.9 Å². The van der Waals surface area contributed by atoms with E-state index in [1.54, 1.807) is 7.11 Å². The number of rotatable bonds is 11. The summed E-state index contributed by atoms with van der Waals surface area (Å²) in [6.45, 7) is 5.15. The van der Waals surface area contributed by atoms with Gasteiger partial charge in [0, 0.05) is 42.8 Å². The van der Waals surface area contributed by atoms with Gasteiger partial charge in [0.15, 0.2) is 0 Å². The number of aromatic carboxylic acids is 1. The molecule has 0 aliphatic carbocycles. The maximum Gasteiger partial charge on any atom is 0.352 e. The molecule has 2 aromatic carbocycles. The number of hydrogen-bond acceptors (Lipinski definition) is 4. The van der Waals surface area contributed by atoms with Gasteiger partial charge in [-0.05, 0) is 43.7 Å². The highest BCUT2D eigenvalue weighted by Gasteiger charge is 2.22. The fraction of sp³-hybridized carbons (Fsp3) is 0.348. The van der Waals surface area contributed by atoms with Gasteiger partial charge in [-0.3, -0.25) is 0 Å². The van der Waals surface area contributed by atoms with Crippen molar-refractivity contribution in [2.45, 2.75) is 26.4 Å². The van der Waals surface area contributed by atoms with E-state index in [-0.39, 0.29) is 0 Å². The quantitative estimate of drug-likeness (QED) is 0.481. The van der Waals surface area contributed by atoms with Gasteiger partial charge in [-0.15, -0.1) is 0 Å². The number of hydrogen-bond donors (Lipinski definition) is 2. The lowest BCUT2D eigenvalue weighted by molar-refractivity contribution is 0.0684. The Hall–Kier alpha value is -2.83. The Morgan fingerprint density at radius 3 is 2.59 bits per heavy atom. The summed E-state index contributed by atoms with van der Waals surface area (Å²) in [6.07, 6.45) is 0.890. The molecule has 0 aliphatic heterocycles. The van der Waals surface area contributed by atoms with E-state index >= 15 is 0 Å². The number of fused-ring (bicyclic) bond motifs is 1. The van der Waals surface area contributed by atoms with E-state index in [1.807, 2.05) is 60.0 Å². The smallest absolute Gasteiger partial charge is 0.352 e. The van der Waals surface area contributed by atoms with Gasteiger partial charge in [-0.2, -0.15) is 0 Å². The fourth-order valence-corrected chi connectivity index (χ4v) is 3.53. The summed E-state index contributed by atoms with van der Waals surface area (Å²) in [6, 6.07) is 15.6. The van der Waals surface area contributed by atoms with Crippen molar-refractivity contribution in [1.82, 2.24) is 9.88 Å². The minimum atomic E-state index is -0.916. The first kappa shape index (κ1) is 20.9. The Bertz CT molecular complexity index is 947. The molecule has 0 aliphatic rings. The topological polar surface area (TPSA) is 72.7 Å². The summed E-state index contributed by atoms with van der Waals surface area (Å²) in [5.41, 5.74) is 3.09. The van der Waals surface area contributed by atoms with Gasteiger partial charge >= 0.3 is 5.97 Å². The predicted octanol–water partition coefficient (Wildman–Crippen LogP) is 3.91. The summed E-state index contributed by atoms with van der Waals surface area (Å²) < 4.78 is 12.5. The van der Waals surface area contributed by atoms with Crippen molar-refractivity contribution < 1.29 is 19.4 Å². The molecule has 0 saturated heterocycles. The lowest BCUT2D eigenvalue weighted by Crippen LogP contribution is -2.19. The van der Waals surface area contributed by atoms with Crippen molar-refractivity contribution in [2.75, 3.05) is 26.9 Å². The summed E-state index contributed by atoms with van der Waals surface area (Å²) >= 11 is 0. The molecule has 0 bridgehead atoms. The summed E-state index contributed by atoms with van der Waals surface area (Å²) in [7, 11) is 1.63. The zero-order valence-corrected chi connectivity index (χ0v) is 17.0.